The zero-order valence-corrected chi connectivity index (χ0v) is 17.9. The van der Waals surface area contributed by atoms with E-state index in [1.54, 1.807) is 48.5 Å². The van der Waals surface area contributed by atoms with Gasteiger partial charge in [-0.3, -0.25) is 10.1 Å². The minimum absolute atomic E-state index is 0.250. The summed E-state index contributed by atoms with van der Waals surface area (Å²) in [5.74, 6) is -0.281. The number of hydrogen-bond acceptors (Lipinski definition) is 5. The first-order valence-corrected chi connectivity index (χ1v) is 11.6. The van der Waals surface area contributed by atoms with E-state index in [0.717, 1.165) is 16.1 Å². The number of carbonyl (C=O) groups is 1. The fourth-order valence-electron chi connectivity index (χ4n) is 3.06. The van der Waals surface area contributed by atoms with Crippen LogP contribution in [0, 0.1) is 6.92 Å². The van der Waals surface area contributed by atoms with Crippen LogP contribution in [0.25, 0.3) is 0 Å². The molecule has 6 nitrogen and oxygen atoms in total. The Hall–Kier alpha value is -2.26. The van der Waals surface area contributed by atoms with E-state index in [1.807, 2.05) is 6.92 Å². The first-order valence-electron chi connectivity index (χ1n) is 8.95. The molecule has 0 fully saturated rings. The number of aromatic nitrogens is 1. The number of fused-ring (bicyclic) bond motifs is 1. The standard InChI is InChI=1S/C20H18ClN3O3S2/c1-13-2-8-16(9-3-13)29(26,27)24-11-10-17-18(12-24)28-20(22-17)23-19(25)14-4-6-15(21)7-5-14/h2-9H,10-12H2,1H3,(H,22,23,25). The SMILES string of the molecule is Cc1ccc(S(=O)(=O)N2CCc3nc(NC(=O)c4ccc(Cl)cc4)sc3C2)cc1. The number of rotatable bonds is 4. The van der Waals surface area contributed by atoms with E-state index in [1.165, 1.54) is 15.6 Å². The van der Waals surface area contributed by atoms with Crippen molar-refractivity contribution >= 4 is 44.0 Å². The van der Waals surface area contributed by atoms with E-state index in [2.05, 4.69) is 10.3 Å². The average Bonchev–Trinajstić information content (AvgIpc) is 3.10. The van der Waals surface area contributed by atoms with Gasteiger partial charge in [-0.25, -0.2) is 13.4 Å². The largest absolute Gasteiger partial charge is 0.298 e. The third-order valence-electron chi connectivity index (χ3n) is 4.68. The second kappa shape index (κ2) is 7.87. The molecule has 0 atom stereocenters. The monoisotopic (exact) mass is 447 g/mol. The molecule has 9 heteroatoms. The maximum atomic E-state index is 12.9. The Morgan fingerprint density at radius 2 is 1.83 bits per heavy atom. The summed E-state index contributed by atoms with van der Waals surface area (Å²) in [6.45, 7) is 2.53. The minimum atomic E-state index is -3.57. The summed E-state index contributed by atoms with van der Waals surface area (Å²) < 4.78 is 27.3. The van der Waals surface area contributed by atoms with Crippen molar-refractivity contribution in [1.29, 1.82) is 0 Å². The number of hydrogen-bond donors (Lipinski definition) is 1. The van der Waals surface area contributed by atoms with Gasteiger partial charge in [0.15, 0.2) is 5.13 Å². The summed E-state index contributed by atoms with van der Waals surface area (Å²) >= 11 is 7.16. The number of halogens is 1. The van der Waals surface area contributed by atoms with E-state index in [-0.39, 0.29) is 17.3 Å². The van der Waals surface area contributed by atoms with Crippen molar-refractivity contribution in [2.24, 2.45) is 0 Å². The summed E-state index contributed by atoms with van der Waals surface area (Å²) in [6.07, 6.45) is 0.508. The van der Waals surface area contributed by atoms with Gasteiger partial charge in [-0.2, -0.15) is 4.31 Å². The van der Waals surface area contributed by atoms with Gasteiger partial charge in [0.05, 0.1) is 17.1 Å². The zero-order chi connectivity index (χ0) is 20.6. The zero-order valence-electron chi connectivity index (χ0n) is 15.6. The molecular formula is C20H18ClN3O3S2. The van der Waals surface area contributed by atoms with Crippen molar-refractivity contribution in [3.63, 3.8) is 0 Å². The first kappa shape index (κ1) is 20.0. The van der Waals surface area contributed by atoms with E-state index < -0.39 is 10.0 Å². The van der Waals surface area contributed by atoms with Crippen LogP contribution in [0.15, 0.2) is 53.4 Å². The Balaban J connectivity index is 1.50. The Morgan fingerprint density at radius 1 is 1.14 bits per heavy atom. The van der Waals surface area contributed by atoms with Crippen molar-refractivity contribution in [3.8, 4) is 0 Å². The predicted molar refractivity (Wildman–Crippen MR) is 114 cm³/mol. The highest BCUT2D eigenvalue weighted by atomic mass is 35.5. The van der Waals surface area contributed by atoms with Crippen LogP contribution in [-0.4, -0.2) is 30.2 Å². The fourth-order valence-corrected chi connectivity index (χ4v) is 5.70. The van der Waals surface area contributed by atoms with Crippen LogP contribution in [0.4, 0.5) is 5.13 Å². The van der Waals surface area contributed by atoms with Crippen molar-refractivity contribution in [3.05, 3.63) is 75.3 Å². The lowest BCUT2D eigenvalue weighted by Gasteiger charge is -2.25. The number of carbonyl (C=O) groups excluding carboxylic acids is 1. The maximum Gasteiger partial charge on any atom is 0.257 e. The second-order valence-electron chi connectivity index (χ2n) is 6.75. The summed E-state index contributed by atoms with van der Waals surface area (Å²) in [6, 6.07) is 13.4. The van der Waals surface area contributed by atoms with E-state index in [0.29, 0.717) is 28.7 Å². The minimum Gasteiger partial charge on any atom is -0.298 e. The number of sulfonamides is 1. The van der Waals surface area contributed by atoms with Crippen molar-refractivity contribution in [2.45, 2.75) is 24.8 Å². The molecule has 0 bridgehead atoms. The molecule has 1 aliphatic rings. The molecule has 0 spiro atoms. The summed E-state index contributed by atoms with van der Waals surface area (Å²) in [5, 5.41) is 3.80. The molecule has 0 aliphatic carbocycles. The van der Waals surface area contributed by atoms with Gasteiger partial charge >= 0.3 is 0 Å². The predicted octanol–water partition coefficient (Wildman–Crippen LogP) is 4.10. The third-order valence-corrected chi connectivity index (χ3v) is 7.79. The lowest BCUT2D eigenvalue weighted by molar-refractivity contribution is 0.102. The van der Waals surface area contributed by atoms with Crippen LogP contribution >= 0.6 is 22.9 Å². The number of amides is 1. The second-order valence-corrected chi connectivity index (χ2v) is 10.2. The first-order chi connectivity index (χ1) is 13.8. The summed E-state index contributed by atoms with van der Waals surface area (Å²) in [7, 11) is -3.57. The summed E-state index contributed by atoms with van der Waals surface area (Å²) in [5.41, 5.74) is 2.32. The van der Waals surface area contributed by atoms with Crippen LogP contribution < -0.4 is 5.32 Å². The van der Waals surface area contributed by atoms with E-state index in [4.69, 9.17) is 11.6 Å². The Kier molecular flexibility index (Phi) is 5.44. The van der Waals surface area contributed by atoms with Gasteiger partial charge < -0.3 is 0 Å². The number of nitrogens with zero attached hydrogens (tertiary/aromatic N) is 2. The fraction of sp³-hybridized carbons (Fsp3) is 0.200. The number of aryl methyl sites for hydroxylation is 1. The quantitative estimate of drug-likeness (QED) is 0.652. The molecule has 0 unspecified atom stereocenters. The lowest BCUT2D eigenvalue weighted by atomic mass is 10.2. The average molecular weight is 448 g/mol. The van der Waals surface area contributed by atoms with Gasteiger partial charge in [-0.1, -0.05) is 29.3 Å². The third kappa shape index (κ3) is 4.20. The molecule has 150 valence electrons. The van der Waals surface area contributed by atoms with E-state index >= 15 is 0 Å². The topological polar surface area (TPSA) is 79.4 Å². The van der Waals surface area contributed by atoms with Gasteiger partial charge in [-0.05, 0) is 43.3 Å². The molecule has 2 aromatic carbocycles. The number of thiazole rings is 1. The van der Waals surface area contributed by atoms with Gasteiger partial charge in [0.25, 0.3) is 5.91 Å². The van der Waals surface area contributed by atoms with Crippen LogP contribution in [0.1, 0.15) is 26.5 Å². The normalized spacial score (nSPS) is 14.4. The molecule has 1 aliphatic heterocycles. The maximum absolute atomic E-state index is 12.9. The Labute approximate surface area is 178 Å². The molecule has 1 aromatic heterocycles. The van der Waals surface area contributed by atoms with Gasteiger partial charge in [0.2, 0.25) is 10.0 Å². The van der Waals surface area contributed by atoms with Crippen molar-refractivity contribution < 1.29 is 13.2 Å². The lowest BCUT2D eigenvalue weighted by Crippen LogP contribution is -2.35. The summed E-state index contributed by atoms with van der Waals surface area (Å²) in [4.78, 5) is 18.0. The van der Waals surface area contributed by atoms with Crippen LogP contribution in [0.2, 0.25) is 5.02 Å². The van der Waals surface area contributed by atoms with E-state index in [9.17, 15) is 13.2 Å². The molecule has 3 aromatic rings. The number of benzene rings is 2. The van der Waals surface area contributed by atoms with Crippen LogP contribution in [-0.2, 0) is 23.0 Å². The van der Waals surface area contributed by atoms with Crippen LogP contribution in [0.3, 0.4) is 0 Å². The molecule has 2 heterocycles. The van der Waals surface area contributed by atoms with Gasteiger partial charge in [0, 0.05) is 28.4 Å². The van der Waals surface area contributed by atoms with Crippen molar-refractivity contribution in [1.82, 2.24) is 9.29 Å². The number of anilines is 1. The number of nitrogens with one attached hydrogen (secondary N) is 1. The molecule has 1 N–H and O–H groups in total. The van der Waals surface area contributed by atoms with Gasteiger partial charge in [-0.15, -0.1) is 11.3 Å². The Morgan fingerprint density at radius 3 is 2.52 bits per heavy atom. The highest BCUT2D eigenvalue weighted by Crippen LogP contribution is 2.31. The molecule has 0 saturated heterocycles. The highest BCUT2D eigenvalue weighted by Gasteiger charge is 2.30. The molecular weight excluding hydrogens is 430 g/mol. The van der Waals surface area contributed by atoms with Gasteiger partial charge in [0.1, 0.15) is 0 Å². The molecule has 0 radical (unpaired) electrons. The van der Waals surface area contributed by atoms with Crippen LogP contribution in [0.5, 0.6) is 0 Å². The van der Waals surface area contributed by atoms with Crippen molar-refractivity contribution in [2.75, 3.05) is 11.9 Å². The molecule has 1 amide bonds. The Bertz CT molecular complexity index is 1160. The molecule has 29 heavy (non-hydrogen) atoms. The molecule has 0 saturated carbocycles. The highest BCUT2D eigenvalue weighted by molar-refractivity contribution is 7.89. The molecule has 4 rings (SSSR count). The smallest absolute Gasteiger partial charge is 0.257 e.